The van der Waals surface area contributed by atoms with Gasteiger partial charge in [0.15, 0.2) is 17.3 Å². The molecule has 0 amide bonds. The predicted octanol–water partition coefficient (Wildman–Crippen LogP) is 4.28. The maximum Gasteiger partial charge on any atom is 0.234 e. The minimum absolute atomic E-state index is 0.122. The minimum Gasteiger partial charge on any atom is -0.474 e. The number of hydrogen-bond acceptors (Lipinski definition) is 4. The fourth-order valence-electron chi connectivity index (χ4n) is 5.02. The van der Waals surface area contributed by atoms with Crippen LogP contribution in [0.3, 0.4) is 0 Å². The molecule has 148 valence electrons. The van der Waals surface area contributed by atoms with Crippen LogP contribution in [0, 0.1) is 16.6 Å². The second-order valence-electron chi connectivity index (χ2n) is 9.97. The van der Waals surface area contributed by atoms with Crippen molar-refractivity contribution in [3.8, 4) is 0 Å². The first-order valence-electron chi connectivity index (χ1n) is 9.73. The molecule has 5 heteroatoms. The van der Waals surface area contributed by atoms with Crippen LogP contribution in [0.15, 0.2) is 35.6 Å². The van der Waals surface area contributed by atoms with Crippen LogP contribution in [0.1, 0.15) is 64.9 Å². The normalized spacial score (nSPS) is 27.8. The highest BCUT2D eigenvalue weighted by atomic mass is 19.1. The third-order valence-corrected chi connectivity index (χ3v) is 6.15. The molecule has 3 aliphatic rings. The SMILES string of the molecule is CC1(C)CC(=O)C2(OC3=C(C(=O)CC(C)(C)C3)C2c2cccc(F)c2)C(=O)C1. The van der Waals surface area contributed by atoms with Gasteiger partial charge in [-0.1, -0.05) is 39.8 Å². The van der Waals surface area contributed by atoms with Crippen LogP contribution in [0.25, 0.3) is 0 Å². The summed E-state index contributed by atoms with van der Waals surface area (Å²) >= 11 is 0. The molecule has 1 fully saturated rings. The van der Waals surface area contributed by atoms with Gasteiger partial charge in [-0.2, -0.15) is 0 Å². The van der Waals surface area contributed by atoms with Gasteiger partial charge in [0.1, 0.15) is 11.6 Å². The van der Waals surface area contributed by atoms with E-state index in [0.29, 0.717) is 29.7 Å². The van der Waals surface area contributed by atoms with Gasteiger partial charge < -0.3 is 4.74 Å². The molecular formula is C23H25FO4. The van der Waals surface area contributed by atoms with Gasteiger partial charge >= 0.3 is 0 Å². The summed E-state index contributed by atoms with van der Waals surface area (Å²) in [7, 11) is 0. The summed E-state index contributed by atoms with van der Waals surface area (Å²) in [5.41, 5.74) is -1.69. The number of Topliss-reactive ketones (excluding diaryl/α,β-unsaturated/α-hetero) is 3. The van der Waals surface area contributed by atoms with Gasteiger partial charge in [0, 0.05) is 31.3 Å². The van der Waals surface area contributed by atoms with E-state index >= 15 is 0 Å². The van der Waals surface area contributed by atoms with Crippen molar-refractivity contribution in [3.63, 3.8) is 0 Å². The Bertz CT molecular complexity index is 918. The van der Waals surface area contributed by atoms with Crippen molar-refractivity contribution < 1.29 is 23.5 Å². The minimum atomic E-state index is -1.75. The molecule has 1 aromatic carbocycles. The number of rotatable bonds is 1. The molecule has 0 N–H and O–H groups in total. The molecule has 0 aromatic heterocycles. The van der Waals surface area contributed by atoms with E-state index in [2.05, 4.69) is 0 Å². The second-order valence-corrected chi connectivity index (χ2v) is 9.97. The summed E-state index contributed by atoms with van der Waals surface area (Å²) in [5.74, 6) is -1.68. The summed E-state index contributed by atoms with van der Waals surface area (Å²) in [6.45, 7) is 7.69. The van der Waals surface area contributed by atoms with Crippen LogP contribution in [0.5, 0.6) is 0 Å². The Morgan fingerprint density at radius 2 is 1.54 bits per heavy atom. The van der Waals surface area contributed by atoms with Crippen LogP contribution in [0.4, 0.5) is 4.39 Å². The maximum atomic E-state index is 14.0. The van der Waals surface area contributed by atoms with Crippen molar-refractivity contribution in [1.29, 1.82) is 0 Å². The number of hydrogen-bond donors (Lipinski definition) is 0. The van der Waals surface area contributed by atoms with Crippen molar-refractivity contribution in [3.05, 3.63) is 47.0 Å². The lowest BCUT2D eigenvalue weighted by Crippen LogP contribution is -2.57. The van der Waals surface area contributed by atoms with Gasteiger partial charge in [-0.3, -0.25) is 14.4 Å². The number of ether oxygens (including phenoxy) is 1. The van der Waals surface area contributed by atoms with Crippen LogP contribution in [0.2, 0.25) is 0 Å². The van der Waals surface area contributed by atoms with E-state index in [1.54, 1.807) is 6.07 Å². The number of carbonyl (C=O) groups excluding carboxylic acids is 3. The monoisotopic (exact) mass is 384 g/mol. The van der Waals surface area contributed by atoms with E-state index in [1.807, 2.05) is 27.7 Å². The van der Waals surface area contributed by atoms with E-state index in [-0.39, 0.29) is 35.6 Å². The molecule has 1 saturated carbocycles. The molecular weight excluding hydrogens is 359 g/mol. The molecule has 1 unspecified atom stereocenters. The van der Waals surface area contributed by atoms with Gasteiger partial charge in [0.25, 0.3) is 0 Å². The third-order valence-electron chi connectivity index (χ3n) is 6.15. The summed E-state index contributed by atoms with van der Waals surface area (Å²) in [6.07, 6.45) is 1.15. The first kappa shape index (κ1) is 19.0. The number of ketones is 3. The molecule has 0 bridgehead atoms. The smallest absolute Gasteiger partial charge is 0.234 e. The molecule has 1 heterocycles. The lowest BCUT2D eigenvalue weighted by molar-refractivity contribution is -0.160. The Balaban J connectivity index is 1.92. The Morgan fingerprint density at radius 1 is 0.929 bits per heavy atom. The Labute approximate surface area is 164 Å². The van der Waals surface area contributed by atoms with Crippen molar-refractivity contribution in [2.45, 2.75) is 64.9 Å². The zero-order valence-corrected chi connectivity index (χ0v) is 16.7. The van der Waals surface area contributed by atoms with E-state index in [9.17, 15) is 18.8 Å². The molecule has 1 atom stereocenters. The first-order chi connectivity index (χ1) is 13.0. The van der Waals surface area contributed by atoms with Crippen LogP contribution in [-0.2, 0) is 19.1 Å². The standard InChI is InChI=1S/C23H25FO4/c1-21(2)9-15(25)19-16(10-21)28-23(17(26)11-22(3,4)12-18(23)27)20(19)13-6-5-7-14(24)8-13/h5-8,20H,9-12H2,1-4H3. The zero-order chi connectivity index (χ0) is 20.5. The highest BCUT2D eigenvalue weighted by Gasteiger charge is 2.65. The highest BCUT2D eigenvalue weighted by molar-refractivity contribution is 6.17. The van der Waals surface area contributed by atoms with E-state index in [0.717, 1.165) is 0 Å². The van der Waals surface area contributed by atoms with E-state index in [1.165, 1.54) is 18.2 Å². The average Bonchev–Trinajstić information content (AvgIpc) is 2.87. The summed E-state index contributed by atoms with van der Waals surface area (Å²) in [6, 6.07) is 5.82. The third kappa shape index (κ3) is 2.75. The van der Waals surface area contributed by atoms with E-state index < -0.39 is 22.8 Å². The van der Waals surface area contributed by atoms with Crippen molar-refractivity contribution >= 4 is 17.3 Å². The second kappa shape index (κ2) is 5.85. The molecule has 1 aliphatic heterocycles. The molecule has 4 nitrogen and oxygen atoms in total. The quantitative estimate of drug-likeness (QED) is 0.678. The Hall–Kier alpha value is -2.30. The highest BCUT2D eigenvalue weighted by Crippen LogP contribution is 2.57. The molecule has 0 radical (unpaired) electrons. The van der Waals surface area contributed by atoms with Gasteiger partial charge in [0.2, 0.25) is 5.60 Å². The summed E-state index contributed by atoms with van der Waals surface area (Å²) < 4.78 is 20.2. The Morgan fingerprint density at radius 3 is 2.14 bits per heavy atom. The van der Waals surface area contributed by atoms with Gasteiger partial charge in [-0.15, -0.1) is 0 Å². The number of carbonyl (C=O) groups is 3. The van der Waals surface area contributed by atoms with Crippen molar-refractivity contribution in [2.24, 2.45) is 10.8 Å². The maximum absolute atomic E-state index is 14.0. The lowest BCUT2D eigenvalue weighted by Gasteiger charge is -2.41. The molecule has 0 saturated heterocycles. The Kier molecular flexibility index (Phi) is 3.98. The molecule has 2 aliphatic carbocycles. The molecule has 28 heavy (non-hydrogen) atoms. The largest absolute Gasteiger partial charge is 0.474 e. The fourth-order valence-corrected chi connectivity index (χ4v) is 5.02. The van der Waals surface area contributed by atoms with Gasteiger partial charge in [-0.05, 0) is 28.5 Å². The fraction of sp³-hybridized carbons (Fsp3) is 0.522. The summed E-state index contributed by atoms with van der Waals surface area (Å²) in [4.78, 5) is 39.8. The average molecular weight is 384 g/mol. The topological polar surface area (TPSA) is 60.4 Å². The number of allylic oxidation sites excluding steroid dienone is 1. The molecule has 1 aromatic rings. The van der Waals surface area contributed by atoms with Crippen molar-refractivity contribution in [1.82, 2.24) is 0 Å². The van der Waals surface area contributed by atoms with Crippen molar-refractivity contribution in [2.75, 3.05) is 0 Å². The van der Waals surface area contributed by atoms with E-state index in [4.69, 9.17) is 4.74 Å². The van der Waals surface area contributed by atoms with Gasteiger partial charge in [-0.25, -0.2) is 4.39 Å². The summed E-state index contributed by atoms with van der Waals surface area (Å²) in [5, 5.41) is 0. The van der Waals surface area contributed by atoms with Crippen LogP contribution < -0.4 is 0 Å². The number of halogens is 1. The van der Waals surface area contributed by atoms with Crippen LogP contribution >= 0.6 is 0 Å². The zero-order valence-electron chi connectivity index (χ0n) is 16.7. The first-order valence-corrected chi connectivity index (χ1v) is 9.73. The lowest BCUT2D eigenvalue weighted by atomic mass is 9.61. The molecule has 4 rings (SSSR count). The van der Waals surface area contributed by atoms with Crippen LogP contribution in [-0.4, -0.2) is 23.0 Å². The number of benzene rings is 1. The predicted molar refractivity (Wildman–Crippen MR) is 101 cm³/mol. The van der Waals surface area contributed by atoms with Gasteiger partial charge in [0.05, 0.1) is 5.92 Å². The molecule has 1 spiro atoms.